The average Bonchev–Trinajstić information content (AvgIpc) is 2.78. The van der Waals surface area contributed by atoms with Gasteiger partial charge in [0.2, 0.25) is 0 Å². The summed E-state index contributed by atoms with van der Waals surface area (Å²) >= 11 is 3.77. The lowest BCUT2D eigenvalue weighted by atomic mass is 9.66. The highest BCUT2D eigenvalue weighted by atomic mass is 79.9. The second kappa shape index (κ2) is 11.8. The largest absolute Gasteiger partial charge is 0.497 e. The van der Waals surface area contributed by atoms with E-state index in [-0.39, 0.29) is 17.6 Å². The molecular formula is C29H43BrO3. The van der Waals surface area contributed by atoms with Gasteiger partial charge in [-0.1, -0.05) is 83.3 Å². The highest BCUT2D eigenvalue weighted by Crippen LogP contribution is 2.50. The van der Waals surface area contributed by atoms with Crippen LogP contribution in [-0.4, -0.2) is 21.0 Å². The number of hydrogen-bond donors (Lipinski definition) is 0. The Balaban J connectivity index is 0.00000187. The topological polar surface area (TPSA) is 27.7 Å². The van der Waals surface area contributed by atoms with E-state index in [4.69, 9.17) is 14.2 Å². The Hall–Kier alpha value is -1.52. The van der Waals surface area contributed by atoms with Crippen LogP contribution in [-0.2, 0) is 15.6 Å². The molecule has 1 aliphatic rings. The zero-order valence-corrected chi connectivity index (χ0v) is 23.7. The predicted molar refractivity (Wildman–Crippen MR) is 144 cm³/mol. The molecule has 4 heteroatoms. The minimum Gasteiger partial charge on any atom is -0.497 e. The summed E-state index contributed by atoms with van der Waals surface area (Å²) in [6, 6.07) is 10.8. The number of hydrogen-bond acceptors (Lipinski definition) is 3. The van der Waals surface area contributed by atoms with Crippen molar-refractivity contribution in [3.63, 3.8) is 0 Å². The van der Waals surface area contributed by atoms with Crippen LogP contribution in [0.15, 0.2) is 34.8 Å². The zero-order valence-electron chi connectivity index (χ0n) is 22.1. The van der Waals surface area contributed by atoms with Gasteiger partial charge in [-0.05, 0) is 59.4 Å². The van der Waals surface area contributed by atoms with E-state index in [1.807, 2.05) is 26.0 Å². The third-order valence-electron chi connectivity index (χ3n) is 6.61. The Bertz CT molecular complexity index is 916. The van der Waals surface area contributed by atoms with Gasteiger partial charge in [0.15, 0.2) is 6.79 Å². The first-order chi connectivity index (χ1) is 15.6. The molecule has 2 aromatic carbocycles. The molecule has 3 rings (SSSR count). The van der Waals surface area contributed by atoms with Gasteiger partial charge >= 0.3 is 0 Å². The summed E-state index contributed by atoms with van der Waals surface area (Å²) in [6.07, 6.45) is 4.89. The van der Waals surface area contributed by atoms with Crippen molar-refractivity contribution in [3.8, 4) is 22.6 Å². The van der Waals surface area contributed by atoms with Crippen LogP contribution in [0.5, 0.6) is 11.5 Å². The number of ether oxygens (including phenoxy) is 3. The van der Waals surface area contributed by atoms with Crippen LogP contribution >= 0.6 is 15.9 Å². The summed E-state index contributed by atoms with van der Waals surface area (Å²) in [6.45, 7) is 15.8. The number of benzene rings is 2. The van der Waals surface area contributed by atoms with Gasteiger partial charge < -0.3 is 14.2 Å². The lowest BCUT2D eigenvalue weighted by Gasteiger charge is -2.40. The molecule has 0 bridgehead atoms. The second-order valence-electron chi connectivity index (χ2n) is 10.3. The molecule has 0 N–H and O–H groups in total. The molecular weight excluding hydrogens is 476 g/mol. The molecule has 0 amide bonds. The molecule has 0 aromatic heterocycles. The minimum absolute atomic E-state index is 0.0191. The molecule has 1 fully saturated rings. The van der Waals surface area contributed by atoms with Gasteiger partial charge in [0.25, 0.3) is 0 Å². The lowest BCUT2D eigenvalue weighted by molar-refractivity contribution is 0.0493. The van der Waals surface area contributed by atoms with Crippen molar-refractivity contribution in [1.82, 2.24) is 0 Å². The Morgan fingerprint density at radius 1 is 1.06 bits per heavy atom. The highest BCUT2D eigenvalue weighted by Gasteiger charge is 2.36. The molecule has 0 radical (unpaired) electrons. The Morgan fingerprint density at radius 3 is 2.33 bits per heavy atom. The van der Waals surface area contributed by atoms with Gasteiger partial charge in [0.1, 0.15) is 11.5 Å². The van der Waals surface area contributed by atoms with E-state index < -0.39 is 0 Å². The molecule has 1 aliphatic carbocycles. The summed E-state index contributed by atoms with van der Waals surface area (Å²) in [5.41, 5.74) is 4.87. The molecule has 2 unspecified atom stereocenters. The molecule has 0 aliphatic heterocycles. The SMILES string of the molecule is CC.COCOc1c(-c2cc(OC)ccc2Br)cc(C(C)(C)C)cc1C1(C)CCCC(C)C1. The predicted octanol–water partition coefficient (Wildman–Crippen LogP) is 8.90. The summed E-state index contributed by atoms with van der Waals surface area (Å²) < 4.78 is 18.3. The van der Waals surface area contributed by atoms with E-state index in [1.54, 1.807) is 14.2 Å². The van der Waals surface area contributed by atoms with Crippen LogP contribution < -0.4 is 9.47 Å². The lowest BCUT2D eigenvalue weighted by Crippen LogP contribution is -2.30. The fourth-order valence-corrected chi connectivity index (χ4v) is 5.34. The van der Waals surface area contributed by atoms with E-state index in [0.29, 0.717) is 5.92 Å². The second-order valence-corrected chi connectivity index (χ2v) is 11.2. The van der Waals surface area contributed by atoms with Crippen molar-refractivity contribution >= 4 is 15.9 Å². The van der Waals surface area contributed by atoms with Gasteiger partial charge in [-0.15, -0.1) is 0 Å². The maximum absolute atomic E-state index is 6.34. The van der Waals surface area contributed by atoms with Gasteiger partial charge in [-0.25, -0.2) is 0 Å². The molecule has 2 aromatic rings. The number of rotatable bonds is 6. The van der Waals surface area contributed by atoms with Crippen LogP contribution in [0.3, 0.4) is 0 Å². The molecule has 2 atom stereocenters. The van der Waals surface area contributed by atoms with Gasteiger partial charge in [-0.3, -0.25) is 0 Å². The van der Waals surface area contributed by atoms with E-state index in [9.17, 15) is 0 Å². The van der Waals surface area contributed by atoms with Crippen LogP contribution in [0.25, 0.3) is 11.1 Å². The number of methoxy groups -OCH3 is 2. The van der Waals surface area contributed by atoms with Gasteiger partial charge in [0.05, 0.1) is 7.11 Å². The molecule has 3 nitrogen and oxygen atoms in total. The fraction of sp³-hybridized carbons (Fsp3) is 0.586. The van der Waals surface area contributed by atoms with E-state index in [2.05, 4.69) is 68.7 Å². The molecule has 0 spiro atoms. The zero-order chi connectivity index (χ0) is 24.8. The third-order valence-corrected chi connectivity index (χ3v) is 7.31. The first-order valence-electron chi connectivity index (χ1n) is 12.2. The van der Waals surface area contributed by atoms with Crippen molar-refractivity contribution in [2.24, 2.45) is 5.92 Å². The van der Waals surface area contributed by atoms with Crippen molar-refractivity contribution in [2.75, 3.05) is 21.0 Å². The fourth-order valence-electron chi connectivity index (χ4n) is 4.88. The summed E-state index contributed by atoms with van der Waals surface area (Å²) in [7, 11) is 3.38. The van der Waals surface area contributed by atoms with Crippen molar-refractivity contribution in [2.45, 2.75) is 85.0 Å². The molecule has 0 saturated heterocycles. The molecule has 1 saturated carbocycles. The molecule has 184 valence electrons. The summed E-state index contributed by atoms with van der Waals surface area (Å²) in [4.78, 5) is 0. The van der Waals surface area contributed by atoms with E-state index in [0.717, 1.165) is 27.1 Å². The van der Waals surface area contributed by atoms with Crippen molar-refractivity contribution in [1.29, 1.82) is 0 Å². The van der Waals surface area contributed by atoms with Crippen LogP contribution in [0, 0.1) is 5.92 Å². The van der Waals surface area contributed by atoms with Crippen LogP contribution in [0.2, 0.25) is 0 Å². The first kappa shape index (κ1) is 27.7. The quantitative estimate of drug-likeness (QED) is 0.357. The Morgan fingerprint density at radius 2 is 1.76 bits per heavy atom. The van der Waals surface area contributed by atoms with Crippen LogP contribution in [0.4, 0.5) is 0 Å². The average molecular weight is 520 g/mol. The molecule has 33 heavy (non-hydrogen) atoms. The molecule has 0 heterocycles. The summed E-state index contributed by atoms with van der Waals surface area (Å²) in [5, 5.41) is 0. The third kappa shape index (κ3) is 6.54. The van der Waals surface area contributed by atoms with Gasteiger partial charge in [-0.2, -0.15) is 0 Å². The van der Waals surface area contributed by atoms with Crippen LogP contribution in [0.1, 0.15) is 85.3 Å². The van der Waals surface area contributed by atoms with Crippen molar-refractivity contribution < 1.29 is 14.2 Å². The smallest absolute Gasteiger partial charge is 0.188 e. The standard InChI is InChI=1S/C27H37BrO3.C2H6/c1-18-9-8-12-27(5,16-18)23-14-19(26(2,3)4)13-22(25(23)31-17-29-6)21-15-20(30-7)10-11-24(21)28;1-2/h10-11,13-15,18H,8-9,12,16-17H2,1-7H3;1-2H3. The van der Waals surface area contributed by atoms with Crippen molar-refractivity contribution in [3.05, 3.63) is 45.9 Å². The number of halogens is 1. The Labute approximate surface area is 210 Å². The van der Waals surface area contributed by atoms with E-state index >= 15 is 0 Å². The highest BCUT2D eigenvalue weighted by molar-refractivity contribution is 9.10. The maximum atomic E-state index is 6.34. The van der Waals surface area contributed by atoms with E-state index in [1.165, 1.54) is 36.8 Å². The minimum atomic E-state index is 0.0191. The normalized spacial score (nSPS) is 20.6. The maximum Gasteiger partial charge on any atom is 0.188 e. The Kier molecular flexibility index (Phi) is 9.87. The van der Waals surface area contributed by atoms with Gasteiger partial charge in [0, 0.05) is 28.3 Å². The summed E-state index contributed by atoms with van der Waals surface area (Å²) in [5.74, 6) is 2.47. The monoisotopic (exact) mass is 518 g/mol. The first-order valence-corrected chi connectivity index (χ1v) is 13.0.